The lowest BCUT2D eigenvalue weighted by Gasteiger charge is -2.16. The standard InChI is InChI=1S/C14H19NO3S.ClH/c1-3-6-15-7-4-11-9-13(16)14(19(2,17)18)10-12(11)5-8-15;/h3,9-10,16H,1,4-8H2,2H3;1H. The molecule has 0 spiro atoms. The number of benzene rings is 1. The molecule has 0 unspecified atom stereocenters. The summed E-state index contributed by atoms with van der Waals surface area (Å²) < 4.78 is 23.2. The summed E-state index contributed by atoms with van der Waals surface area (Å²) in [5.41, 5.74) is 2.06. The smallest absolute Gasteiger partial charge is 0.179 e. The molecule has 0 saturated carbocycles. The number of fused-ring (bicyclic) bond motifs is 1. The highest BCUT2D eigenvalue weighted by atomic mass is 35.5. The minimum Gasteiger partial charge on any atom is -0.507 e. The highest BCUT2D eigenvalue weighted by Gasteiger charge is 2.19. The van der Waals surface area contributed by atoms with Gasteiger partial charge in [-0.3, -0.25) is 4.90 Å². The first kappa shape index (κ1) is 17.0. The summed E-state index contributed by atoms with van der Waals surface area (Å²) >= 11 is 0. The molecule has 1 aromatic carbocycles. The van der Waals surface area contributed by atoms with Crippen molar-refractivity contribution in [1.82, 2.24) is 4.90 Å². The molecule has 0 atom stereocenters. The predicted molar refractivity (Wildman–Crippen MR) is 82.5 cm³/mol. The second kappa shape index (κ2) is 6.61. The number of nitrogens with zero attached hydrogens (tertiary/aromatic N) is 1. The van der Waals surface area contributed by atoms with Crippen LogP contribution in [0.25, 0.3) is 0 Å². The van der Waals surface area contributed by atoms with Gasteiger partial charge >= 0.3 is 0 Å². The summed E-state index contributed by atoms with van der Waals surface area (Å²) in [5.74, 6) is -0.140. The van der Waals surface area contributed by atoms with E-state index in [0.717, 1.165) is 49.9 Å². The molecular formula is C14H20ClNO3S. The summed E-state index contributed by atoms with van der Waals surface area (Å²) in [5, 5.41) is 9.85. The number of sulfone groups is 1. The average molecular weight is 318 g/mol. The predicted octanol–water partition coefficient (Wildman–Crippen LogP) is 1.80. The summed E-state index contributed by atoms with van der Waals surface area (Å²) in [6.45, 7) is 6.35. The second-order valence-corrected chi connectivity index (χ2v) is 6.93. The van der Waals surface area contributed by atoms with E-state index in [1.807, 2.05) is 6.08 Å². The largest absolute Gasteiger partial charge is 0.507 e. The first-order chi connectivity index (χ1) is 8.91. The molecule has 0 aliphatic carbocycles. The van der Waals surface area contributed by atoms with Crippen LogP contribution in [0.3, 0.4) is 0 Å². The van der Waals surface area contributed by atoms with Crippen LogP contribution in [-0.2, 0) is 22.7 Å². The van der Waals surface area contributed by atoms with Crippen LogP contribution in [0, 0.1) is 0 Å². The fourth-order valence-corrected chi connectivity index (χ4v) is 3.25. The maximum atomic E-state index is 11.6. The Morgan fingerprint density at radius 3 is 2.35 bits per heavy atom. The van der Waals surface area contributed by atoms with Crippen molar-refractivity contribution in [2.45, 2.75) is 17.7 Å². The Bertz CT molecular complexity index is 599. The molecule has 6 heteroatoms. The molecule has 1 aliphatic rings. The van der Waals surface area contributed by atoms with Crippen LogP contribution in [0.1, 0.15) is 11.1 Å². The Kier molecular flexibility index (Phi) is 5.62. The molecule has 112 valence electrons. The SMILES string of the molecule is C=CCN1CCc2cc(O)c(S(C)(=O)=O)cc2CC1.Cl. The second-order valence-electron chi connectivity index (χ2n) is 4.95. The molecule has 1 N–H and O–H groups in total. The Balaban J connectivity index is 0.00000200. The van der Waals surface area contributed by atoms with Crippen molar-refractivity contribution < 1.29 is 13.5 Å². The van der Waals surface area contributed by atoms with Crippen LogP contribution < -0.4 is 0 Å². The third-order valence-corrected chi connectivity index (χ3v) is 4.59. The molecule has 0 fully saturated rings. The van der Waals surface area contributed by atoms with Gasteiger partial charge in [-0.15, -0.1) is 19.0 Å². The molecule has 2 rings (SSSR count). The van der Waals surface area contributed by atoms with Crippen molar-refractivity contribution in [3.63, 3.8) is 0 Å². The first-order valence-corrected chi connectivity index (χ1v) is 8.19. The fraction of sp³-hybridized carbons (Fsp3) is 0.429. The molecule has 1 aromatic rings. The Labute approximate surface area is 126 Å². The maximum Gasteiger partial charge on any atom is 0.179 e. The van der Waals surface area contributed by atoms with E-state index in [-0.39, 0.29) is 23.1 Å². The summed E-state index contributed by atoms with van der Waals surface area (Å²) in [4.78, 5) is 2.30. The van der Waals surface area contributed by atoms with E-state index in [1.165, 1.54) is 0 Å². The number of aromatic hydroxyl groups is 1. The zero-order chi connectivity index (χ0) is 14.0. The number of phenolic OH excluding ortho intramolecular Hbond substituents is 1. The molecule has 0 bridgehead atoms. The van der Waals surface area contributed by atoms with Crippen LogP contribution in [0.5, 0.6) is 5.75 Å². The van der Waals surface area contributed by atoms with Gasteiger partial charge in [0.1, 0.15) is 10.6 Å². The quantitative estimate of drug-likeness (QED) is 0.864. The lowest BCUT2D eigenvalue weighted by atomic mass is 10.0. The maximum absolute atomic E-state index is 11.6. The van der Waals surface area contributed by atoms with E-state index in [0.29, 0.717) is 0 Å². The number of phenols is 1. The molecule has 0 radical (unpaired) electrons. The minimum absolute atomic E-state index is 0. The zero-order valence-corrected chi connectivity index (χ0v) is 13.1. The Morgan fingerprint density at radius 1 is 1.30 bits per heavy atom. The van der Waals surface area contributed by atoms with Gasteiger partial charge in [0, 0.05) is 25.9 Å². The topological polar surface area (TPSA) is 57.6 Å². The molecule has 1 aliphatic heterocycles. The highest BCUT2D eigenvalue weighted by molar-refractivity contribution is 7.90. The van der Waals surface area contributed by atoms with Gasteiger partial charge in [0.2, 0.25) is 0 Å². The van der Waals surface area contributed by atoms with Gasteiger partial charge in [0.05, 0.1) is 0 Å². The van der Waals surface area contributed by atoms with E-state index >= 15 is 0 Å². The first-order valence-electron chi connectivity index (χ1n) is 6.30. The summed E-state index contributed by atoms with van der Waals surface area (Å²) in [7, 11) is -3.38. The minimum atomic E-state index is -3.38. The van der Waals surface area contributed by atoms with Gasteiger partial charge < -0.3 is 5.11 Å². The normalized spacial score (nSPS) is 15.8. The molecule has 1 heterocycles. The van der Waals surface area contributed by atoms with Crippen LogP contribution in [0.2, 0.25) is 0 Å². The van der Waals surface area contributed by atoms with Crippen molar-refractivity contribution in [3.05, 3.63) is 35.9 Å². The van der Waals surface area contributed by atoms with Gasteiger partial charge in [-0.25, -0.2) is 8.42 Å². The van der Waals surface area contributed by atoms with Crippen molar-refractivity contribution in [2.24, 2.45) is 0 Å². The van der Waals surface area contributed by atoms with E-state index in [4.69, 9.17) is 0 Å². The summed E-state index contributed by atoms with van der Waals surface area (Å²) in [6, 6.07) is 3.22. The zero-order valence-electron chi connectivity index (χ0n) is 11.5. The van der Waals surface area contributed by atoms with Crippen molar-refractivity contribution in [1.29, 1.82) is 0 Å². The Morgan fingerprint density at radius 2 is 1.85 bits per heavy atom. The van der Waals surface area contributed by atoms with E-state index in [9.17, 15) is 13.5 Å². The average Bonchev–Trinajstić information content (AvgIpc) is 2.50. The highest BCUT2D eigenvalue weighted by Crippen LogP contribution is 2.28. The lowest BCUT2D eigenvalue weighted by Crippen LogP contribution is -2.26. The van der Waals surface area contributed by atoms with E-state index in [2.05, 4.69) is 11.5 Å². The lowest BCUT2D eigenvalue weighted by molar-refractivity contribution is 0.318. The molecule has 0 aromatic heterocycles. The van der Waals surface area contributed by atoms with Gasteiger partial charge in [-0.1, -0.05) is 6.08 Å². The fourth-order valence-electron chi connectivity index (χ4n) is 2.45. The van der Waals surface area contributed by atoms with Gasteiger partial charge in [-0.2, -0.15) is 0 Å². The van der Waals surface area contributed by atoms with Gasteiger partial charge in [0.25, 0.3) is 0 Å². The monoisotopic (exact) mass is 317 g/mol. The van der Waals surface area contributed by atoms with E-state index < -0.39 is 9.84 Å². The third-order valence-electron chi connectivity index (χ3n) is 3.46. The third kappa shape index (κ3) is 3.75. The Hall–Kier alpha value is -1.04. The van der Waals surface area contributed by atoms with Gasteiger partial charge in [-0.05, 0) is 36.1 Å². The molecule has 20 heavy (non-hydrogen) atoms. The van der Waals surface area contributed by atoms with Crippen molar-refractivity contribution in [3.8, 4) is 5.75 Å². The number of halogens is 1. The van der Waals surface area contributed by atoms with Crippen LogP contribution >= 0.6 is 12.4 Å². The molecule has 0 amide bonds. The number of hydrogen-bond acceptors (Lipinski definition) is 4. The van der Waals surface area contributed by atoms with Gasteiger partial charge in [0.15, 0.2) is 9.84 Å². The van der Waals surface area contributed by atoms with Crippen LogP contribution in [0.4, 0.5) is 0 Å². The summed E-state index contributed by atoms with van der Waals surface area (Å²) in [6.07, 6.45) is 4.61. The van der Waals surface area contributed by atoms with Crippen LogP contribution in [0.15, 0.2) is 29.7 Å². The number of rotatable bonds is 3. The van der Waals surface area contributed by atoms with Crippen LogP contribution in [-0.4, -0.2) is 44.3 Å². The van der Waals surface area contributed by atoms with Crippen molar-refractivity contribution >= 4 is 22.2 Å². The molecule has 4 nitrogen and oxygen atoms in total. The van der Waals surface area contributed by atoms with E-state index in [1.54, 1.807) is 12.1 Å². The molecular weight excluding hydrogens is 298 g/mol. The van der Waals surface area contributed by atoms with Crippen molar-refractivity contribution in [2.75, 3.05) is 25.9 Å². The number of hydrogen-bond donors (Lipinski definition) is 1. The molecule has 0 saturated heterocycles.